The molecule has 0 aliphatic carbocycles. The number of ether oxygens (including phenoxy) is 2. The second-order valence-electron chi connectivity index (χ2n) is 6.95. The number of nitrogens with zero attached hydrogens (tertiary/aromatic N) is 2. The summed E-state index contributed by atoms with van der Waals surface area (Å²) in [7, 11) is 0. The van der Waals surface area contributed by atoms with Crippen LogP contribution >= 0.6 is 23.4 Å². The van der Waals surface area contributed by atoms with E-state index in [9.17, 15) is 0 Å². The second kappa shape index (κ2) is 9.14. The van der Waals surface area contributed by atoms with E-state index in [2.05, 4.69) is 41.4 Å². The molecule has 2 atom stereocenters. The molecule has 1 aliphatic rings. The van der Waals surface area contributed by atoms with Crippen LogP contribution < -0.4 is 0 Å². The first-order chi connectivity index (χ1) is 13.7. The largest absolute Gasteiger partial charge is 0.345 e. The maximum Gasteiger partial charge on any atom is 0.187 e. The van der Waals surface area contributed by atoms with Gasteiger partial charge < -0.3 is 14.0 Å². The Kier molecular flexibility index (Phi) is 6.37. The van der Waals surface area contributed by atoms with E-state index in [0.717, 1.165) is 23.6 Å². The number of halogens is 1. The minimum atomic E-state index is -0.637. The van der Waals surface area contributed by atoms with Gasteiger partial charge in [0, 0.05) is 34.5 Å². The van der Waals surface area contributed by atoms with Crippen LogP contribution in [0.2, 0.25) is 5.02 Å². The van der Waals surface area contributed by atoms with Crippen LogP contribution in [0.4, 0.5) is 0 Å². The maximum absolute atomic E-state index is 6.47. The van der Waals surface area contributed by atoms with Gasteiger partial charge in [-0.3, -0.25) is 0 Å². The van der Waals surface area contributed by atoms with Gasteiger partial charge in [0.05, 0.1) is 25.6 Å². The highest BCUT2D eigenvalue weighted by Crippen LogP contribution is 2.33. The highest BCUT2D eigenvalue weighted by atomic mass is 35.5. The van der Waals surface area contributed by atoms with Crippen molar-refractivity contribution in [2.45, 2.75) is 36.2 Å². The molecule has 2 aromatic carbocycles. The van der Waals surface area contributed by atoms with Crippen LogP contribution in [0.5, 0.6) is 0 Å². The molecule has 4 nitrogen and oxygen atoms in total. The minimum Gasteiger partial charge on any atom is -0.345 e. The van der Waals surface area contributed by atoms with Crippen LogP contribution in [0.3, 0.4) is 0 Å². The lowest BCUT2D eigenvalue weighted by molar-refractivity contribution is -0.180. The lowest BCUT2D eigenvalue weighted by atomic mass is 10.0. The lowest BCUT2D eigenvalue weighted by Gasteiger charge is -2.28. The van der Waals surface area contributed by atoms with Crippen LogP contribution in [0, 0.1) is 0 Å². The standard InChI is InChI=1S/C22H23ClN2O2S/c23-19-8-6-18(7-9-19)10-11-22(16-25-13-12-24-17-25)26-14-20(27-22)15-28-21-4-2-1-3-5-21/h1-9,12-13,17,20H,10-11,14-16H2/t20-,22+/m0/s1. The zero-order valence-corrected chi connectivity index (χ0v) is 17.1. The van der Waals surface area contributed by atoms with Crippen LogP contribution in [0.15, 0.2) is 78.2 Å². The van der Waals surface area contributed by atoms with Gasteiger partial charge >= 0.3 is 0 Å². The molecule has 28 heavy (non-hydrogen) atoms. The van der Waals surface area contributed by atoms with Crippen LogP contribution in [-0.4, -0.2) is 33.8 Å². The van der Waals surface area contributed by atoms with Crippen molar-refractivity contribution >= 4 is 23.4 Å². The molecular formula is C22H23ClN2O2S. The normalized spacial score (nSPS) is 21.8. The summed E-state index contributed by atoms with van der Waals surface area (Å²) in [6.07, 6.45) is 7.25. The fourth-order valence-electron chi connectivity index (χ4n) is 3.34. The summed E-state index contributed by atoms with van der Waals surface area (Å²) < 4.78 is 14.7. The Hall–Kier alpha value is -1.79. The van der Waals surface area contributed by atoms with E-state index in [1.807, 2.05) is 35.3 Å². The number of rotatable bonds is 8. The van der Waals surface area contributed by atoms with E-state index in [4.69, 9.17) is 21.1 Å². The van der Waals surface area contributed by atoms with Gasteiger partial charge in [0.1, 0.15) is 0 Å². The molecule has 3 aromatic rings. The number of thioether (sulfide) groups is 1. The molecule has 1 saturated heterocycles. The first kappa shape index (κ1) is 19.5. The molecule has 0 amide bonds. The molecule has 0 bridgehead atoms. The molecule has 0 unspecified atom stereocenters. The third kappa shape index (κ3) is 5.17. The summed E-state index contributed by atoms with van der Waals surface area (Å²) in [5, 5.41) is 0.753. The third-order valence-electron chi connectivity index (χ3n) is 4.78. The number of hydrogen-bond acceptors (Lipinski definition) is 4. The molecule has 1 aliphatic heterocycles. The summed E-state index contributed by atoms with van der Waals surface area (Å²) >= 11 is 7.81. The van der Waals surface area contributed by atoms with Crippen molar-refractivity contribution in [3.8, 4) is 0 Å². The highest BCUT2D eigenvalue weighted by Gasteiger charge is 2.41. The second-order valence-corrected chi connectivity index (χ2v) is 8.48. The van der Waals surface area contributed by atoms with Crippen LogP contribution in [0.25, 0.3) is 0 Å². The van der Waals surface area contributed by atoms with Gasteiger partial charge in [-0.25, -0.2) is 4.98 Å². The minimum absolute atomic E-state index is 0.0685. The Morgan fingerprint density at radius 3 is 2.71 bits per heavy atom. The molecule has 2 heterocycles. The summed E-state index contributed by atoms with van der Waals surface area (Å²) in [6, 6.07) is 18.4. The Labute approximate surface area is 174 Å². The zero-order valence-electron chi connectivity index (χ0n) is 15.5. The van der Waals surface area contributed by atoms with Crippen molar-refractivity contribution < 1.29 is 9.47 Å². The van der Waals surface area contributed by atoms with Gasteiger partial charge in [-0.05, 0) is 36.2 Å². The number of aryl methyl sites for hydroxylation is 1. The van der Waals surface area contributed by atoms with E-state index >= 15 is 0 Å². The topological polar surface area (TPSA) is 36.3 Å². The van der Waals surface area contributed by atoms with Crippen molar-refractivity contribution in [3.05, 3.63) is 83.9 Å². The smallest absolute Gasteiger partial charge is 0.187 e. The van der Waals surface area contributed by atoms with Crippen LogP contribution in [0.1, 0.15) is 12.0 Å². The molecular weight excluding hydrogens is 392 g/mol. The van der Waals surface area contributed by atoms with Gasteiger partial charge in [-0.15, -0.1) is 11.8 Å². The molecule has 0 radical (unpaired) electrons. The first-order valence-corrected chi connectivity index (χ1v) is 10.8. The van der Waals surface area contributed by atoms with Crippen molar-refractivity contribution in [1.82, 2.24) is 9.55 Å². The zero-order chi connectivity index (χ0) is 19.2. The third-order valence-corrected chi connectivity index (χ3v) is 6.18. The Bertz CT molecular complexity index is 858. The fourth-order valence-corrected chi connectivity index (χ4v) is 4.36. The van der Waals surface area contributed by atoms with Gasteiger partial charge in [0.25, 0.3) is 0 Å². The van der Waals surface area contributed by atoms with E-state index in [1.165, 1.54) is 10.5 Å². The summed E-state index contributed by atoms with van der Waals surface area (Å²) in [4.78, 5) is 5.40. The van der Waals surface area contributed by atoms with Crippen LogP contribution in [-0.2, 0) is 22.4 Å². The molecule has 1 aromatic heterocycles. The molecule has 0 saturated carbocycles. The average molecular weight is 415 g/mol. The predicted molar refractivity (Wildman–Crippen MR) is 113 cm³/mol. The van der Waals surface area contributed by atoms with Crippen molar-refractivity contribution in [1.29, 1.82) is 0 Å². The molecule has 1 fully saturated rings. The molecule has 146 valence electrons. The molecule has 6 heteroatoms. The van der Waals surface area contributed by atoms with Crippen molar-refractivity contribution in [2.75, 3.05) is 12.4 Å². The van der Waals surface area contributed by atoms with E-state index in [1.54, 1.807) is 18.0 Å². The monoisotopic (exact) mass is 414 g/mol. The lowest BCUT2D eigenvalue weighted by Crippen LogP contribution is -2.37. The highest BCUT2D eigenvalue weighted by molar-refractivity contribution is 7.99. The molecule has 0 N–H and O–H groups in total. The fraction of sp³-hybridized carbons (Fsp3) is 0.318. The van der Waals surface area contributed by atoms with Crippen molar-refractivity contribution in [3.63, 3.8) is 0 Å². The molecule has 4 rings (SSSR count). The average Bonchev–Trinajstić information content (AvgIpc) is 3.38. The maximum atomic E-state index is 6.47. The van der Waals surface area contributed by atoms with E-state index in [-0.39, 0.29) is 6.10 Å². The Balaban J connectivity index is 1.41. The summed E-state index contributed by atoms with van der Waals surface area (Å²) in [5.41, 5.74) is 1.23. The number of benzene rings is 2. The van der Waals surface area contributed by atoms with Gasteiger partial charge in [0.15, 0.2) is 5.79 Å². The first-order valence-electron chi connectivity index (χ1n) is 9.41. The van der Waals surface area contributed by atoms with Gasteiger partial charge in [-0.2, -0.15) is 0 Å². The van der Waals surface area contributed by atoms with Gasteiger partial charge in [-0.1, -0.05) is 41.9 Å². The number of hydrogen-bond donors (Lipinski definition) is 0. The Morgan fingerprint density at radius 2 is 1.96 bits per heavy atom. The van der Waals surface area contributed by atoms with Gasteiger partial charge in [0.2, 0.25) is 0 Å². The number of imidazole rings is 1. The quantitative estimate of drug-likeness (QED) is 0.482. The van der Waals surface area contributed by atoms with E-state index in [0.29, 0.717) is 13.2 Å². The van der Waals surface area contributed by atoms with E-state index < -0.39 is 5.79 Å². The predicted octanol–water partition coefficient (Wildman–Crippen LogP) is 5.07. The van der Waals surface area contributed by atoms with Crippen molar-refractivity contribution in [2.24, 2.45) is 0 Å². The summed E-state index contributed by atoms with van der Waals surface area (Å²) in [5.74, 6) is 0.235. The molecule has 0 spiro atoms. The Morgan fingerprint density at radius 1 is 1.14 bits per heavy atom. The SMILES string of the molecule is Clc1ccc(CC[C@@]2(Cn3ccnc3)OC[C@@H](CSc3ccccc3)O2)cc1. The number of aromatic nitrogens is 2. The summed E-state index contributed by atoms with van der Waals surface area (Å²) in [6.45, 7) is 1.24.